The summed E-state index contributed by atoms with van der Waals surface area (Å²) in [5, 5.41) is 20.7. The number of guanidine groups is 1. The summed E-state index contributed by atoms with van der Waals surface area (Å²) in [7, 11) is 1.65. The van der Waals surface area contributed by atoms with Gasteiger partial charge in [-0.3, -0.25) is 15.1 Å². The average Bonchev–Trinajstić information content (AvgIpc) is 3.39. The van der Waals surface area contributed by atoms with Crippen LogP contribution in [0.4, 0.5) is 4.39 Å². The van der Waals surface area contributed by atoms with Crippen LogP contribution in [0.5, 0.6) is 0 Å². The lowest BCUT2D eigenvalue weighted by Crippen LogP contribution is -2.65. The van der Waals surface area contributed by atoms with Crippen molar-refractivity contribution in [3.05, 3.63) is 46.6 Å². The lowest BCUT2D eigenvalue weighted by molar-refractivity contribution is -0.138. The van der Waals surface area contributed by atoms with E-state index in [9.17, 15) is 9.18 Å². The molecule has 1 saturated heterocycles. The molecule has 0 spiro atoms. The van der Waals surface area contributed by atoms with Gasteiger partial charge in [0, 0.05) is 16.8 Å². The van der Waals surface area contributed by atoms with Crippen LogP contribution < -0.4 is 5.32 Å². The summed E-state index contributed by atoms with van der Waals surface area (Å²) in [4.78, 5) is 16.5. The van der Waals surface area contributed by atoms with Crippen molar-refractivity contribution in [2.75, 3.05) is 7.05 Å². The van der Waals surface area contributed by atoms with Gasteiger partial charge in [0.25, 0.3) is 0 Å². The van der Waals surface area contributed by atoms with Gasteiger partial charge < -0.3 is 5.32 Å². The second kappa shape index (κ2) is 7.27. The molecule has 2 aliphatic rings. The molecule has 2 fully saturated rings. The molecule has 1 aliphatic heterocycles. The van der Waals surface area contributed by atoms with E-state index in [-0.39, 0.29) is 29.3 Å². The van der Waals surface area contributed by atoms with Gasteiger partial charge in [0.1, 0.15) is 11.9 Å². The molecule has 2 N–H and O–H groups in total. The molecule has 1 amide bonds. The fourth-order valence-electron chi connectivity index (χ4n) is 4.69. The van der Waals surface area contributed by atoms with E-state index in [0.29, 0.717) is 0 Å². The fraction of sp³-hybridized carbons (Fsp3) is 0.409. The van der Waals surface area contributed by atoms with Crippen molar-refractivity contribution >= 4 is 23.2 Å². The third kappa shape index (κ3) is 3.22. The zero-order valence-corrected chi connectivity index (χ0v) is 17.3. The molecule has 2 heterocycles. The maximum absolute atomic E-state index is 13.7. The average molecular weight is 411 g/mol. The van der Waals surface area contributed by atoms with Gasteiger partial charge in [-0.15, -0.1) is 11.3 Å². The highest BCUT2D eigenvalue weighted by Crippen LogP contribution is 2.47. The maximum atomic E-state index is 13.7. The van der Waals surface area contributed by atoms with Gasteiger partial charge >= 0.3 is 0 Å². The van der Waals surface area contributed by atoms with Crippen LogP contribution in [0.25, 0.3) is 10.4 Å². The topological polar surface area (TPSA) is 80.0 Å². The van der Waals surface area contributed by atoms with Crippen LogP contribution in [0.2, 0.25) is 0 Å². The highest BCUT2D eigenvalue weighted by atomic mass is 32.1. The minimum Gasteiger partial charge on any atom is -0.345 e. The maximum Gasteiger partial charge on any atom is 0.235 e. The molecule has 2 atom stereocenters. The fourth-order valence-corrected chi connectivity index (χ4v) is 5.83. The van der Waals surface area contributed by atoms with E-state index in [1.54, 1.807) is 19.2 Å². The third-order valence-electron chi connectivity index (χ3n) is 6.29. The third-order valence-corrected chi connectivity index (χ3v) is 7.66. The van der Waals surface area contributed by atoms with Gasteiger partial charge in [-0.1, -0.05) is 18.9 Å². The van der Waals surface area contributed by atoms with Crippen LogP contribution in [0.3, 0.4) is 0 Å². The summed E-state index contributed by atoms with van der Waals surface area (Å²) in [5.74, 6) is -0.380. The minimum absolute atomic E-state index is 0.00773. The van der Waals surface area contributed by atoms with E-state index in [1.807, 2.05) is 25.1 Å². The van der Waals surface area contributed by atoms with Crippen LogP contribution in [0, 0.1) is 34.4 Å². The summed E-state index contributed by atoms with van der Waals surface area (Å²) in [5.41, 5.74) is 0.118. The van der Waals surface area contributed by atoms with E-state index >= 15 is 0 Å². The Morgan fingerprint density at radius 3 is 2.72 bits per heavy atom. The molecule has 0 bridgehead atoms. The highest BCUT2D eigenvalue weighted by molar-refractivity contribution is 7.15. The predicted molar refractivity (Wildman–Crippen MR) is 111 cm³/mol. The van der Waals surface area contributed by atoms with Crippen molar-refractivity contribution in [2.24, 2.45) is 11.8 Å². The van der Waals surface area contributed by atoms with Crippen LogP contribution in [-0.4, -0.2) is 23.8 Å². The van der Waals surface area contributed by atoms with Crippen molar-refractivity contribution in [3.8, 4) is 16.5 Å². The number of hydrogen-bond donors (Lipinski definition) is 2. The molecule has 2 aromatic rings. The van der Waals surface area contributed by atoms with Gasteiger partial charge in [-0.25, -0.2) is 4.39 Å². The summed E-state index contributed by atoms with van der Waals surface area (Å²) < 4.78 is 13.7. The Hall–Kier alpha value is -2.72. The van der Waals surface area contributed by atoms with Crippen molar-refractivity contribution in [2.45, 2.75) is 38.1 Å². The second-order valence-electron chi connectivity index (χ2n) is 8.07. The molecule has 29 heavy (non-hydrogen) atoms. The second-order valence-corrected chi connectivity index (χ2v) is 9.15. The number of nitriles is 1. The number of nitrogens with one attached hydrogen (secondary N) is 2. The van der Waals surface area contributed by atoms with Crippen LogP contribution in [-0.2, 0) is 10.3 Å². The molecule has 150 valence electrons. The number of halogens is 1. The largest absolute Gasteiger partial charge is 0.345 e. The molecule has 0 radical (unpaired) electrons. The van der Waals surface area contributed by atoms with E-state index in [1.165, 1.54) is 22.3 Å². The first-order chi connectivity index (χ1) is 13.8. The summed E-state index contributed by atoms with van der Waals surface area (Å²) in [6.45, 7) is 2.01. The number of hydrogen-bond acceptors (Lipinski definition) is 4. The molecule has 1 aromatic heterocycles. The minimum atomic E-state index is -0.670. The van der Waals surface area contributed by atoms with Gasteiger partial charge in [-0.05, 0) is 55.5 Å². The number of carbonyl (C=O) groups is 1. The van der Waals surface area contributed by atoms with Gasteiger partial charge in [-0.2, -0.15) is 5.26 Å². The number of rotatable bonds is 3. The number of carbonyl (C=O) groups excluding carboxylic acids is 1. The Morgan fingerprint density at radius 1 is 1.31 bits per heavy atom. The van der Waals surface area contributed by atoms with Crippen LogP contribution in [0.15, 0.2) is 30.3 Å². The molecule has 4 rings (SSSR count). The molecule has 1 saturated carbocycles. The molecule has 0 unspecified atom stereocenters. The normalized spacial score (nSPS) is 25.2. The van der Waals surface area contributed by atoms with Crippen molar-refractivity contribution < 1.29 is 9.18 Å². The quantitative estimate of drug-likeness (QED) is 0.785. The van der Waals surface area contributed by atoms with Crippen LogP contribution >= 0.6 is 11.3 Å². The SMILES string of the molecule is CN1C(=N)N[C@](C)(c2ccc(-c3ccc(F)c(C#N)c3)s2)[C@@H](C2CCCC2)C1=O. The summed E-state index contributed by atoms with van der Waals surface area (Å²) in [6.07, 6.45) is 4.31. The number of benzene rings is 1. The Bertz CT molecular complexity index is 1020. The van der Waals surface area contributed by atoms with Crippen molar-refractivity contribution in [3.63, 3.8) is 0 Å². The van der Waals surface area contributed by atoms with Gasteiger partial charge in [0.15, 0.2) is 5.96 Å². The molecule has 1 aromatic carbocycles. The first-order valence-corrected chi connectivity index (χ1v) is 10.6. The first-order valence-electron chi connectivity index (χ1n) is 9.80. The standard InChI is InChI=1S/C22H23FN4OS/c1-22(19(13-5-3-4-6-13)20(28)27(2)21(25)26-22)18-10-9-17(29-18)14-7-8-16(23)15(11-14)12-24/h7-11,13,19H,3-6H2,1-2H3,(H2,25,26)/t19-,22+/m0/s1. The predicted octanol–water partition coefficient (Wildman–Crippen LogP) is 4.44. The molecular formula is C22H23FN4OS. The number of thiophene rings is 1. The number of amides is 1. The summed E-state index contributed by atoms with van der Waals surface area (Å²) in [6, 6.07) is 10.3. The van der Waals surface area contributed by atoms with Crippen molar-refractivity contribution in [1.29, 1.82) is 10.7 Å². The molecule has 1 aliphatic carbocycles. The van der Waals surface area contributed by atoms with Gasteiger partial charge in [0.05, 0.1) is 17.0 Å². The Kier molecular flexibility index (Phi) is 4.91. The Balaban J connectivity index is 1.75. The van der Waals surface area contributed by atoms with E-state index in [0.717, 1.165) is 41.0 Å². The van der Waals surface area contributed by atoms with Crippen LogP contribution in [0.1, 0.15) is 43.0 Å². The summed E-state index contributed by atoms with van der Waals surface area (Å²) >= 11 is 1.52. The smallest absolute Gasteiger partial charge is 0.235 e. The zero-order chi connectivity index (χ0) is 20.8. The lowest BCUT2D eigenvalue weighted by atomic mass is 9.73. The Morgan fingerprint density at radius 2 is 2.03 bits per heavy atom. The van der Waals surface area contributed by atoms with Crippen molar-refractivity contribution in [1.82, 2.24) is 10.2 Å². The van der Waals surface area contributed by atoms with Gasteiger partial charge in [0.2, 0.25) is 5.91 Å². The molecular weight excluding hydrogens is 387 g/mol. The van der Waals surface area contributed by atoms with E-state index < -0.39 is 11.4 Å². The Labute approximate surface area is 173 Å². The first kappa shape index (κ1) is 19.6. The molecule has 5 nitrogen and oxygen atoms in total. The highest BCUT2D eigenvalue weighted by Gasteiger charge is 2.51. The molecule has 7 heteroatoms. The monoisotopic (exact) mass is 410 g/mol. The van der Waals surface area contributed by atoms with E-state index in [2.05, 4.69) is 5.32 Å². The van der Waals surface area contributed by atoms with E-state index in [4.69, 9.17) is 10.7 Å². The zero-order valence-electron chi connectivity index (χ0n) is 16.5. The lowest BCUT2D eigenvalue weighted by Gasteiger charge is -2.47. The number of nitrogens with zero attached hydrogens (tertiary/aromatic N) is 2.